The van der Waals surface area contributed by atoms with Crippen LogP contribution in [0, 0.1) is 0 Å². The SMILES string of the molecule is C=C1C2=C(CC(/C(O)=C/CCO)=C2)C(=O)c2ccccc21. The van der Waals surface area contributed by atoms with Gasteiger partial charge in [-0.3, -0.25) is 4.79 Å². The average Bonchev–Trinajstić information content (AvgIpc) is 2.96. The Balaban J connectivity index is 1.98. The number of fused-ring (bicyclic) bond motifs is 1. The Morgan fingerprint density at radius 2 is 2.00 bits per heavy atom. The molecular weight excluding hydrogens is 264 g/mol. The molecule has 0 amide bonds. The second-order valence-corrected chi connectivity index (χ2v) is 5.19. The van der Waals surface area contributed by atoms with Crippen molar-refractivity contribution in [1.82, 2.24) is 0 Å². The molecule has 0 radical (unpaired) electrons. The number of aliphatic hydroxyl groups excluding tert-OH is 2. The second-order valence-electron chi connectivity index (χ2n) is 5.19. The van der Waals surface area contributed by atoms with Crippen LogP contribution in [0.2, 0.25) is 0 Å². The van der Waals surface area contributed by atoms with Crippen LogP contribution >= 0.6 is 0 Å². The molecule has 0 fully saturated rings. The normalized spacial score (nSPS) is 17.8. The minimum absolute atomic E-state index is 0.00853. The zero-order valence-electron chi connectivity index (χ0n) is 11.6. The molecule has 2 N–H and O–H groups in total. The third-order valence-corrected chi connectivity index (χ3v) is 3.90. The van der Waals surface area contributed by atoms with Gasteiger partial charge in [-0.05, 0) is 40.9 Å². The number of allylic oxidation sites excluding steroid dienone is 5. The maximum atomic E-state index is 12.6. The van der Waals surface area contributed by atoms with Gasteiger partial charge in [0.25, 0.3) is 0 Å². The van der Waals surface area contributed by atoms with Gasteiger partial charge in [0.1, 0.15) is 5.76 Å². The lowest BCUT2D eigenvalue weighted by molar-refractivity contribution is 0.103. The highest BCUT2D eigenvalue weighted by Crippen LogP contribution is 2.42. The minimum atomic E-state index is -0.0123. The fraction of sp³-hybridized carbons (Fsp3) is 0.167. The fourth-order valence-corrected chi connectivity index (χ4v) is 2.82. The lowest BCUT2D eigenvalue weighted by atomic mass is 9.83. The highest BCUT2D eigenvalue weighted by Gasteiger charge is 2.31. The number of aliphatic hydroxyl groups is 2. The third kappa shape index (κ3) is 2.16. The van der Waals surface area contributed by atoms with E-state index in [0.29, 0.717) is 29.6 Å². The van der Waals surface area contributed by atoms with Crippen molar-refractivity contribution < 1.29 is 15.0 Å². The molecule has 0 bridgehead atoms. The van der Waals surface area contributed by atoms with Gasteiger partial charge in [0, 0.05) is 24.2 Å². The molecule has 3 rings (SSSR count). The van der Waals surface area contributed by atoms with Gasteiger partial charge >= 0.3 is 0 Å². The van der Waals surface area contributed by atoms with Crippen molar-refractivity contribution in [3.05, 3.63) is 76.6 Å². The first-order chi connectivity index (χ1) is 10.1. The minimum Gasteiger partial charge on any atom is -0.508 e. The molecule has 0 atom stereocenters. The van der Waals surface area contributed by atoms with Crippen LogP contribution < -0.4 is 0 Å². The molecule has 21 heavy (non-hydrogen) atoms. The zero-order valence-corrected chi connectivity index (χ0v) is 11.6. The number of hydrogen-bond donors (Lipinski definition) is 2. The zero-order chi connectivity index (χ0) is 15.0. The monoisotopic (exact) mass is 280 g/mol. The van der Waals surface area contributed by atoms with E-state index in [1.807, 2.05) is 30.3 Å². The molecule has 1 aromatic carbocycles. The van der Waals surface area contributed by atoms with E-state index < -0.39 is 0 Å². The van der Waals surface area contributed by atoms with Gasteiger partial charge in [-0.1, -0.05) is 30.8 Å². The summed E-state index contributed by atoms with van der Waals surface area (Å²) in [7, 11) is 0. The number of ketones is 1. The van der Waals surface area contributed by atoms with Gasteiger partial charge in [0.2, 0.25) is 0 Å². The van der Waals surface area contributed by atoms with Crippen molar-refractivity contribution in [3.63, 3.8) is 0 Å². The van der Waals surface area contributed by atoms with E-state index >= 15 is 0 Å². The molecule has 0 unspecified atom stereocenters. The van der Waals surface area contributed by atoms with Gasteiger partial charge < -0.3 is 10.2 Å². The van der Waals surface area contributed by atoms with Crippen LogP contribution in [0.15, 0.2) is 65.5 Å². The maximum absolute atomic E-state index is 12.6. The Morgan fingerprint density at radius 1 is 1.29 bits per heavy atom. The van der Waals surface area contributed by atoms with Crippen LogP contribution in [0.4, 0.5) is 0 Å². The first-order valence-corrected chi connectivity index (χ1v) is 6.91. The van der Waals surface area contributed by atoms with Crippen molar-refractivity contribution in [2.75, 3.05) is 6.61 Å². The summed E-state index contributed by atoms with van der Waals surface area (Å²) in [4.78, 5) is 12.6. The molecule has 0 aliphatic heterocycles. The van der Waals surface area contributed by atoms with Gasteiger partial charge in [-0.2, -0.15) is 0 Å². The van der Waals surface area contributed by atoms with Crippen molar-refractivity contribution in [1.29, 1.82) is 0 Å². The first kappa shape index (κ1) is 13.6. The van der Waals surface area contributed by atoms with E-state index in [9.17, 15) is 9.90 Å². The van der Waals surface area contributed by atoms with Crippen LogP contribution in [-0.2, 0) is 0 Å². The molecule has 0 heterocycles. The summed E-state index contributed by atoms with van der Waals surface area (Å²) in [6.07, 6.45) is 4.21. The Morgan fingerprint density at radius 3 is 2.71 bits per heavy atom. The molecule has 3 nitrogen and oxygen atoms in total. The van der Waals surface area contributed by atoms with Crippen molar-refractivity contribution >= 4 is 11.4 Å². The second kappa shape index (κ2) is 5.19. The highest BCUT2D eigenvalue weighted by atomic mass is 16.3. The first-order valence-electron chi connectivity index (χ1n) is 6.91. The smallest absolute Gasteiger partial charge is 0.190 e. The van der Waals surface area contributed by atoms with Crippen LogP contribution in [0.25, 0.3) is 5.57 Å². The number of hydrogen-bond acceptors (Lipinski definition) is 3. The Labute approximate surface area is 123 Å². The van der Waals surface area contributed by atoms with Crippen LogP contribution in [0.3, 0.4) is 0 Å². The summed E-state index contributed by atoms with van der Waals surface area (Å²) >= 11 is 0. The van der Waals surface area contributed by atoms with E-state index in [0.717, 1.165) is 16.7 Å². The number of carbonyl (C=O) groups is 1. The lowest BCUT2D eigenvalue weighted by Gasteiger charge is -2.19. The van der Waals surface area contributed by atoms with Crippen LogP contribution in [-0.4, -0.2) is 22.6 Å². The number of benzene rings is 1. The van der Waals surface area contributed by atoms with Crippen LogP contribution in [0.5, 0.6) is 0 Å². The summed E-state index contributed by atoms with van der Waals surface area (Å²) < 4.78 is 0. The van der Waals surface area contributed by atoms with Crippen molar-refractivity contribution in [2.45, 2.75) is 12.8 Å². The van der Waals surface area contributed by atoms with Crippen molar-refractivity contribution in [3.8, 4) is 0 Å². The van der Waals surface area contributed by atoms with E-state index in [4.69, 9.17) is 5.11 Å². The largest absolute Gasteiger partial charge is 0.508 e. The van der Waals surface area contributed by atoms with Gasteiger partial charge in [0.15, 0.2) is 5.78 Å². The summed E-state index contributed by atoms with van der Waals surface area (Å²) in [6, 6.07) is 7.44. The molecule has 0 saturated carbocycles. The topological polar surface area (TPSA) is 57.5 Å². The third-order valence-electron chi connectivity index (χ3n) is 3.90. The maximum Gasteiger partial charge on any atom is 0.190 e. The lowest BCUT2D eigenvalue weighted by Crippen LogP contribution is -2.12. The summed E-state index contributed by atoms with van der Waals surface area (Å²) in [5.74, 6) is 0.136. The quantitative estimate of drug-likeness (QED) is 0.835. The Bertz CT molecular complexity index is 733. The molecule has 2 aliphatic carbocycles. The predicted molar refractivity (Wildman–Crippen MR) is 81.9 cm³/mol. The van der Waals surface area contributed by atoms with E-state index in [2.05, 4.69) is 6.58 Å². The predicted octanol–water partition coefficient (Wildman–Crippen LogP) is 3.35. The summed E-state index contributed by atoms with van der Waals surface area (Å²) in [6.45, 7) is 4.08. The van der Waals surface area contributed by atoms with E-state index in [1.54, 1.807) is 6.08 Å². The molecular formula is C18H16O3. The molecule has 2 aliphatic rings. The molecule has 1 aromatic rings. The number of Topliss-reactive ketones (excluding diaryl/α,β-unsaturated/α-hetero) is 1. The number of rotatable bonds is 3. The molecule has 0 aromatic heterocycles. The molecule has 0 saturated heterocycles. The van der Waals surface area contributed by atoms with E-state index in [-0.39, 0.29) is 18.1 Å². The molecule has 3 heteroatoms. The van der Waals surface area contributed by atoms with Gasteiger partial charge in [0.05, 0.1) is 0 Å². The van der Waals surface area contributed by atoms with E-state index in [1.165, 1.54) is 0 Å². The molecule has 0 spiro atoms. The van der Waals surface area contributed by atoms with Gasteiger partial charge in [-0.25, -0.2) is 0 Å². The standard InChI is InChI=1S/C18H16O3/c1-11-13-5-2-3-6-14(13)18(21)16-10-12(9-15(11)16)17(20)7-4-8-19/h2-3,5-7,9,19-20H,1,4,8,10H2/b17-7-. The van der Waals surface area contributed by atoms with Crippen molar-refractivity contribution in [2.24, 2.45) is 0 Å². The fourth-order valence-electron chi connectivity index (χ4n) is 2.82. The number of carbonyl (C=O) groups excluding carboxylic acids is 1. The Kier molecular flexibility index (Phi) is 3.35. The molecule has 106 valence electrons. The van der Waals surface area contributed by atoms with Crippen LogP contribution in [0.1, 0.15) is 28.8 Å². The highest BCUT2D eigenvalue weighted by molar-refractivity contribution is 6.18. The summed E-state index contributed by atoms with van der Waals surface area (Å²) in [5.41, 5.74) is 4.57. The summed E-state index contributed by atoms with van der Waals surface area (Å²) in [5, 5.41) is 18.8. The van der Waals surface area contributed by atoms with Gasteiger partial charge in [-0.15, -0.1) is 0 Å². The Hall–Kier alpha value is -2.39. The average molecular weight is 280 g/mol.